The Bertz CT molecular complexity index is 380. The summed E-state index contributed by atoms with van der Waals surface area (Å²) in [6.45, 7) is 7.68. The number of methoxy groups -OCH3 is 1. The Labute approximate surface area is 114 Å². The van der Waals surface area contributed by atoms with Crippen LogP contribution in [0.2, 0.25) is 5.02 Å². The maximum absolute atomic E-state index is 6.23. The van der Waals surface area contributed by atoms with Crippen LogP contribution >= 0.6 is 11.6 Å². The molecular weight excluding hydrogens is 250 g/mol. The lowest BCUT2D eigenvalue weighted by Gasteiger charge is -2.15. The van der Waals surface area contributed by atoms with E-state index >= 15 is 0 Å². The summed E-state index contributed by atoms with van der Waals surface area (Å²) in [5.41, 5.74) is 1.09. The van der Waals surface area contributed by atoms with Crippen LogP contribution in [0.3, 0.4) is 0 Å². The molecule has 0 bridgehead atoms. The molecule has 0 amide bonds. The van der Waals surface area contributed by atoms with Crippen molar-refractivity contribution in [3.63, 3.8) is 0 Å². The first-order valence-corrected chi connectivity index (χ1v) is 6.68. The first-order chi connectivity index (χ1) is 8.58. The van der Waals surface area contributed by atoms with Crippen molar-refractivity contribution < 1.29 is 9.47 Å². The van der Waals surface area contributed by atoms with Crippen LogP contribution in [-0.4, -0.2) is 19.8 Å². The highest BCUT2D eigenvalue weighted by molar-refractivity contribution is 6.32. The zero-order chi connectivity index (χ0) is 13.5. The molecule has 0 fully saturated rings. The second-order valence-corrected chi connectivity index (χ2v) is 4.90. The monoisotopic (exact) mass is 271 g/mol. The average molecular weight is 272 g/mol. The van der Waals surface area contributed by atoms with E-state index in [0.717, 1.165) is 18.5 Å². The van der Waals surface area contributed by atoms with Gasteiger partial charge in [0.25, 0.3) is 0 Å². The highest BCUT2D eigenvalue weighted by Gasteiger charge is 2.11. The number of halogens is 1. The lowest BCUT2D eigenvalue weighted by molar-refractivity contribution is 0.294. The number of benzene rings is 1. The predicted octanol–water partition coefficient (Wildman–Crippen LogP) is 3.64. The molecule has 1 rings (SSSR count). The Morgan fingerprint density at radius 3 is 2.61 bits per heavy atom. The van der Waals surface area contributed by atoms with Gasteiger partial charge in [0.2, 0.25) is 0 Å². The molecule has 0 aliphatic carbocycles. The molecule has 0 unspecified atom stereocenters. The second kappa shape index (κ2) is 7.49. The van der Waals surface area contributed by atoms with Crippen molar-refractivity contribution >= 4 is 11.6 Å². The first kappa shape index (κ1) is 15.1. The summed E-state index contributed by atoms with van der Waals surface area (Å²) in [5.74, 6) is 1.32. The second-order valence-electron chi connectivity index (χ2n) is 4.49. The van der Waals surface area contributed by atoms with Gasteiger partial charge in [-0.05, 0) is 24.1 Å². The molecule has 18 heavy (non-hydrogen) atoms. The van der Waals surface area contributed by atoms with Gasteiger partial charge in [-0.15, -0.1) is 0 Å². The van der Waals surface area contributed by atoms with Gasteiger partial charge in [0, 0.05) is 12.6 Å². The lowest BCUT2D eigenvalue weighted by Crippen LogP contribution is -2.21. The molecule has 0 atom stereocenters. The van der Waals surface area contributed by atoms with E-state index in [9.17, 15) is 0 Å². The molecule has 0 radical (unpaired) electrons. The van der Waals surface area contributed by atoms with Crippen molar-refractivity contribution in [2.24, 2.45) is 0 Å². The fourth-order valence-electron chi connectivity index (χ4n) is 1.54. The zero-order valence-electron chi connectivity index (χ0n) is 11.5. The minimum absolute atomic E-state index is 0.436. The molecule has 1 aromatic rings. The van der Waals surface area contributed by atoms with E-state index < -0.39 is 0 Å². The molecule has 4 heteroatoms. The lowest BCUT2D eigenvalue weighted by atomic mass is 10.2. The van der Waals surface area contributed by atoms with Gasteiger partial charge in [-0.2, -0.15) is 0 Å². The van der Waals surface area contributed by atoms with Crippen LogP contribution in [0.1, 0.15) is 32.8 Å². The highest BCUT2D eigenvalue weighted by Crippen LogP contribution is 2.36. The van der Waals surface area contributed by atoms with Gasteiger partial charge < -0.3 is 14.8 Å². The van der Waals surface area contributed by atoms with Gasteiger partial charge in [-0.1, -0.05) is 32.4 Å². The Hall–Kier alpha value is -0.930. The smallest absolute Gasteiger partial charge is 0.179 e. The van der Waals surface area contributed by atoms with Gasteiger partial charge in [0.05, 0.1) is 18.7 Å². The third-order valence-electron chi connectivity index (χ3n) is 2.45. The SMILES string of the molecule is CCCOc1c(Cl)cc(CNC(C)C)cc1OC. The molecular formula is C14H22ClNO2. The number of ether oxygens (including phenoxy) is 2. The van der Waals surface area contributed by atoms with E-state index in [4.69, 9.17) is 21.1 Å². The summed E-state index contributed by atoms with van der Waals surface area (Å²) >= 11 is 6.23. The largest absolute Gasteiger partial charge is 0.493 e. The van der Waals surface area contributed by atoms with E-state index in [2.05, 4.69) is 26.1 Å². The summed E-state index contributed by atoms with van der Waals surface area (Å²) < 4.78 is 10.9. The fraction of sp³-hybridized carbons (Fsp3) is 0.571. The third kappa shape index (κ3) is 4.39. The van der Waals surface area contributed by atoms with Crippen molar-refractivity contribution in [1.82, 2.24) is 5.32 Å². The molecule has 102 valence electrons. The molecule has 0 heterocycles. The van der Waals surface area contributed by atoms with Crippen molar-refractivity contribution in [1.29, 1.82) is 0 Å². The van der Waals surface area contributed by atoms with Crippen LogP contribution in [0.25, 0.3) is 0 Å². The van der Waals surface area contributed by atoms with Crippen LogP contribution in [0, 0.1) is 0 Å². The average Bonchev–Trinajstić information content (AvgIpc) is 2.34. The van der Waals surface area contributed by atoms with E-state index in [1.54, 1.807) is 7.11 Å². The van der Waals surface area contributed by atoms with Crippen molar-refractivity contribution in [3.05, 3.63) is 22.7 Å². The van der Waals surface area contributed by atoms with Gasteiger partial charge >= 0.3 is 0 Å². The first-order valence-electron chi connectivity index (χ1n) is 6.31. The number of hydrogen-bond donors (Lipinski definition) is 1. The van der Waals surface area contributed by atoms with E-state index in [-0.39, 0.29) is 0 Å². The molecule has 3 nitrogen and oxygen atoms in total. The number of nitrogens with one attached hydrogen (secondary N) is 1. The summed E-state index contributed by atoms with van der Waals surface area (Å²) in [6.07, 6.45) is 0.941. The Morgan fingerprint density at radius 1 is 1.33 bits per heavy atom. The molecule has 0 saturated heterocycles. The highest BCUT2D eigenvalue weighted by atomic mass is 35.5. The topological polar surface area (TPSA) is 30.5 Å². The van der Waals surface area contributed by atoms with Crippen molar-refractivity contribution in [2.75, 3.05) is 13.7 Å². The van der Waals surface area contributed by atoms with Gasteiger partial charge in [-0.25, -0.2) is 0 Å². The molecule has 0 aromatic heterocycles. The molecule has 0 saturated carbocycles. The van der Waals surface area contributed by atoms with Crippen molar-refractivity contribution in [3.8, 4) is 11.5 Å². The molecule has 1 N–H and O–H groups in total. The molecule has 1 aromatic carbocycles. The van der Waals surface area contributed by atoms with Crippen LogP contribution in [0.15, 0.2) is 12.1 Å². The number of rotatable bonds is 7. The van der Waals surface area contributed by atoms with Crippen LogP contribution in [0.4, 0.5) is 0 Å². The van der Waals surface area contributed by atoms with Crippen LogP contribution in [0.5, 0.6) is 11.5 Å². The van der Waals surface area contributed by atoms with E-state index in [1.165, 1.54) is 0 Å². The Kier molecular flexibility index (Phi) is 6.30. The Morgan fingerprint density at radius 2 is 2.06 bits per heavy atom. The van der Waals surface area contributed by atoms with Gasteiger partial charge in [0.1, 0.15) is 0 Å². The van der Waals surface area contributed by atoms with Crippen LogP contribution < -0.4 is 14.8 Å². The van der Waals surface area contributed by atoms with Gasteiger partial charge in [-0.3, -0.25) is 0 Å². The van der Waals surface area contributed by atoms with E-state index in [1.807, 2.05) is 12.1 Å². The quantitative estimate of drug-likeness (QED) is 0.821. The van der Waals surface area contributed by atoms with Gasteiger partial charge in [0.15, 0.2) is 11.5 Å². The third-order valence-corrected chi connectivity index (χ3v) is 2.73. The minimum atomic E-state index is 0.436. The fourth-order valence-corrected chi connectivity index (χ4v) is 1.83. The maximum Gasteiger partial charge on any atom is 0.179 e. The maximum atomic E-state index is 6.23. The molecule has 0 aliphatic heterocycles. The minimum Gasteiger partial charge on any atom is -0.493 e. The van der Waals surface area contributed by atoms with E-state index in [0.29, 0.717) is 29.2 Å². The summed E-state index contributed by atoms with van der Waals surface area (Å²) in [4.78, 5) is 0. The molecule has 0 spiro atoms. The zero-order valence-corrected chi connectivity index (χ0v) is 12.3. The summed E-state index contributed by atoms with van der Waals surface area (Å²) in [7, 11) is 1.63. The normalized spacial score (nSPS) is 10.8. The standard InChI is InChI=1S/C14H22ClNO2/c1-5-6-18-14-12(15)7-11(8-13(14)17-4)9-16-10(2)3/h7-8,10,16H,5-6,9H2,1-4H3. The summed E-state index contributed by atoms with van der Waals surface area (Å²) in [6, 6.07) is 4.32. The number of hydrogen-bond acceptors (Lipinski definition) is 3. The summed E-state index contributed by atoms with van der Waals surface area (Å²) in [5, 5.41) is 3.95. The predicted molar refractivity (Wildman–Crippen MR) is 75.8 cm³/mol. The molecule has 0 aliphatic rings. The van der Waals surface area contributed by atoms with Crippen LogP contribution in [-0.2, 0) is 6.54 Å². The van der Waals surface area contributed by atoms with Crippen molar-refractivity contribution in [2.45, 2.75) is 39.8 Å². The Balaban J connectivity index is 2.88.